The first-order valence-corrected chi connectivity index (χ1v) is 7.11. The third-order valence-electron chi connectivity index (χ3n) is 3.32. The quantitative estimate of drug-likeness (QED) is 0.923. The summed E-state index contributed by atoms with van der Waals surface area (Å²) < 4.78 is 7.04. The van der Waals surface area contributed by atoms with Crippen LogP contribution >= 0.6 is 27.3 Å². The Balaban J connectivity index is 1.57. The third-order valence-corrected chi connectivity index (χ3v) is 5.25. The molecule has 1 aromatic heterocycles. The van der Waals surface area contributed by atoms with Gasteiger partial charge in [-0.2, -0.15) is 0 Å². The predicted molar refractivity (Wildman–Crippen MR) is 65.2 cm³/mol. The summed E-state index contributed by atoms with van der Waals surface area (Å²) in [5, 5.41) is 5.74. The van der Waals surface area contributed by atoms with Gasteiger partial charge in [0.1, 0.15) is 0 Å². The van der Waals surface area contributed by atoms with Gasteiger partial charge < -0.3 is 10.1 Å². The van der Waals surface area contributed by atoms with Gasteiger partial charge in [0.2, 0.25) is 0 Å². The van der Waals surface area contributed by atoms with E-state index in [0.29, 0.717) is 18.2 Å². The van der Waals surface area contributed by atoms with Crippen molar-refractivity contribution in [2.75, 3.05) is 0 Å². The molecule has 0 saturated carbocycles. The van der Waals surface area contributed by atoms with Gasteiger partial charge in [0.25, 0.3) is 0 Å². The molecular weight excluding hydrogens is 274 g/mol. The number of hydrogen-bond donors (Lipinski definition) is 1. The minimum Gasteiger partial charge on any atom is -0.373 e. The second-order valence-electron chi connectivity index (χ2n) is 4.29. The Hall–Kier alpha value is 0.1000. The Kier molecular flexibility index (Phi) is 2.85. The van der Waals surface area contributed by atoms with Crippen LogP contribution in [0.2, 0.25) is 0 Å². The molecule has 0 radical (unpaired) electrons. The molecule has 2 bridgehead atoms. The van der Waals surface area contributed by atoms with Crippen molar-refractivity contribution in [3.8, 4) is 0 Å². The zero-order valence-corrected chi connectivity index (χ0v) is 10.8. The molecule has 0 spiro atoms. The van der Waals surface area contributed by atoms with Crippen LogP contribution in [-0.4, -0.2) is 18.2 Å². The lowest BCUT2D eigenvalue weighted by atomic mass is 9.95. The molecule has 1 aromatic rings. The van der Waals surface area contributed by atoms with E-state index in [4.69, 9.17) is 4.74 Å². The van der Waals surface area contributed by atoms with Crippen LogP contribution in [0, 0.1) is 0 Å². The summed E-state index contributed by atoms with van der Waals surface area (Å²) in [7, 11) is 0. The molecular formula is C11H14BrNOS. The highest BCUT2D eigenvalue weighted by molar-refractivity contribution is 9.10. The first kappa shape index (κ1) is 10.3. The number of nitrogens with one attached hydrogen (secondary N) is 1. The van der Waals surface area contributed by atoms with Gasteiger partial charge in [-0.05, 0) is 46.6 Å². The van der Waals surface area contributed by atoms with E-state index in [9.17, 15) is 0 Å². The summed E-state index contributed by atoms with van der Waals surface area (Å²) in [5.74, 6) is 0. The molecule has 3 atom stereocenters. The second-order valence-corrected chi connectivity index (χ2v) is 6.14. The fourth-order valence-corrected chi connectivity index (χ4v) is 3.97. The molecule has 2 nitrogen and oxygen atoms in total. The van der Waals surface area contributed by atoms with Gasteiger partial charge >= 0.3 is 0 Å². The minimum atomic E-state index is 0.480. The molecule has 0 aromatic carbocycles. The Morgan fingerprint density at radius 2 is 2.47 bits per heavy atom. The lowest BCUT2D eigenvalue weighted by molar-refractivity contribution is 0.0973. The van der Waals surface area contributed by atoms with E-state index in [1.165, 1.54) is 28.6 Å². The van der Waals surface area contributed by atoms with Crippen LogP contribution in [-0.2, 0) is 11.3 Å². The zero-order valence-electron chi connectivity index (χ0n) is 8.41. The SMILES string of the molecule is Brc1ccsc1CNC1CC2CCC1O2. The number of halogens is 1. The molecule has 2 fully saturated rings. The number of rotatable bonds is 3. The highest BCUT2D eigenvalue weighted by Gasteiger charge is 2.40. The van der Waals surface area contributed by atoms with Gasteiger partial charge in [-0.25, -0.2) is 0 Å². The molecule has 3 heterocycles. The topological polar surface area (TPSA) is 21.3 Å². The van der Waals surface area contributed by atoms with Crippen molar-refractivity contribution >= 4 is 27.3 Å². The molecule has 0 amide bonds. The van der Waals surface area contributed by atoms with Crippen molar-refractivity contribution in [2.45, 2.75) is 44.1 Å². The standard InChI is InChI=1S/C11H14BrNOS/c12-8-3-4-15-11(8)6-13-9-5-7-1-2-10(9)14-7/h3-4,7,9-10,13H,1-2,5-6H2. The van der Waals surface area contributed by atoms with Gasteiger partial charge in [-0.3, -0.25) is 0 Å². The van der Waals surface area contributed by atoms with Crippen molar-refractivity contribution in [3.05, 3.63) is 20.8 Å². The summed E-state index contributed by atoms with van der Waals surface area (Å²) in [6.07, 6.45) is 4.74. The maximum atomic E-state index is 5.81. The summed E-state index contributed by atoms with van der Waals surface area (Å²) in [4.78, 5) is 1.39. The molecule has 2 aliphatic heterocycles. The van der Waals surface area contributed by atoms with Crippen molar-refractivity contribution in [2.24, 2.45) is 0 Å². The number of hydrogen-bond acceptors (Lipinski definition) is 3. The van der Waals surface area contributed by atoms with Crippen molar-refractivity contribution in [3.63, 3.8) is 0 Å². The van der Waals surface area contributed by atoms with Crippen LogP contribution in [0.15, 0.2) is 15.9 Å². The normalized spacial score (nSPS) is 33.8. The molecule has 1 N–H and O–H groups in total. The Bertz CT molecular complexity index is 354. The van der Waals surface area contributed by atoms with E-state index >= 15 is 0 Å². The smallest absolute Gasteiger partial charge is 0.0733 e. The van der Waals surface area contributed by atoms with Gasteiger partial charge in [-0.1, -0.05) is 0 Å². The van der Waals surface area contributed by atoms with E-state index in [-0.39, 0.29) is 0 Å². The lowest BCUT2D eigenvalue weighted by Crippen LogP contribution is -2.36. The Labute approximate surface area is 102 Å². The molecule has 15 heavy (non-hydrogen) atoms. The molecule has 2 aliphatic rings. The van der Waals surface area contributed by atoms with E-state index in [1.54, 1.807) is 11.3 Å². The van der Waals surface area contributed by atoms with Gasteiger partial charge in [-0.15, -0.1) is 11.3 Å². The molecule has 0 aliphatic carbocycles. The summed E-state index contributed by atoms with van der Waals surface area (Å²) >= 11 is 5.36. The van der Waals surface area contributed by atoms with Gasteiger partial charge in [0, 0.05) is 21.9 Å². The minimum absolute atomic E-state index is 0.480. The van der Waals surface area contributed by atoms with Crippen LogP contribution in [0.4, 0.5) is 0 Å². The van der Waals surface area contributed by atoms with Crippen molar-refractivity contribution < 1.29 is 4.74 Å². The van der Waals surface area contributed by atoms with Gasteiger partial charge in [0.05, 0.1) is 12.2 Å². The van der Waals surface area contributed by atoms with Crippen LogP contribution in [0.5, 0.6) is 0 Å². The Morgan fingerprint density at radius 3 is 3.07 bits per heavy atom. The molecule has 2 saturated heterocycles. The second kappa shape index (κ2) is 4.17. The number of ether oxygens (including phenoxy) is 1. The lowest BCUT2D eigenvalue weighted by Gasteiger charge is -2.19. The summed E-state index contributed by atoms with van der Waals surface area (Å²) in [6.45, 7) is 0.968. The molecule has 82 valence electrons. The van der Waals surface area contributed by atoms with E-state index in [0.717, 1.165) is 6.54 Å². The van der Waals surface area contributed by atoms with Crippen LogP contribution in [0.1, 0.15) is 24.1 Å². The monoisotopic (exact) mass is 287 g/mol. The Morgan fingerprint density at radius 1 is 1.53 bits per heavy atom. The average Bonchev–Trinajstić information content (AvgIpc) is 2.90. The summed E-state index contributed by atoms with van der Waals surface area (Å²) in [6, 6.07) is 2.69. The van der Waals surface area contributed by atoms with Crippen molar-refractivity contribution in [1.29, 1.82) is 0 Å². The maximum absolute atomic E-state index is 5.81. The van der Waals surface area contributed by atoms with E-state index in [1.807, 2.05) is 0 Å². The maximum Gasteiger partial charge on any atom is 0.0733 e. The first-order valence-electron chi connectivity index (χ1n) is 5.43. The third kappa shape index (κ3) is 2.00. The number of fused-ring (bicyclic) bond motifs is 2. The summed E-state index contributed by atoms with van der Waals surface area (Å²) in [5.41, 5.74) is 0. The molecule has 3 unspecified atom stereocenters. The fourth-order valence-electron chi connectivity index (χ4n) is 2.53. The predicted octanol–water partition coefficient (Wildman–Crippen LogP) is 2.92. The highest BCUT2D eigenvalue weighted by Crippen LogP contribution is 2.34. The fraction of sp³-hybridized carbons (Fsp3) is 0.636. The zero-order chi connectivity index (χ0) is 10.3. The average molecular weight is 288 g/mol. The first-order chi connectivity index (χ1) is 7.33. The van der Waals surface area contributed by atoms with Crippen LogP contribution in [0.3, 0.4) is 0 Å². The molecule has 3 rings (SSSR count). The van der Waals surface area contributed by atoms with Crippen LogP contribution in [0.25, 0.3) is 0 Å². The van der Waals surface area contributed by atoms with Gasteiger partial charge in [0.15, 0.2) is 0 Å². The molecule has 4 heteroatoms. The van der Waals surface area contributed by atoms with E-state index in [2.05, 4.69) is 32.7 Å². The number of thiophene rings is 1. The van der Waals surface area contributed by atoms with Crippen LogP contribution < -0.4 is 5.32 Å². The largest absolute Gasteiger partial charge is 0.373 e. The highest BCUT2D eigenvalue weighted by atomic mass is 79.9. The van der Waals surface area contributed by atoms with E-state index < -0.39 is 0 Å². The van der Waals surface area contributed by atoms with Crippen molar-refractivity contribution in [1.82, 2.24) is 5.32 Å².